The van der Waals surface area contributed by atoms with E-state index in [2.05, 4.69) is 15.7 Å². The van der Waals surface area contributed by atoms with Crippen LogP contribution >= 0.6 is 0 Å². The summed E-state index contributed by atoms with van der Waals surface area (Å²) in [5.41, 5.74) is 1.32. The molecule has 1 atom stereocenters. The van der Waals surface area contributed by atoms with Crippen molar-refractivity contribution in [1.29, 1.82) is 0 Å². The fourth-order valence-corrected chi connectivity index (χ4v) is 5.92. The summed E-state index contributed by atoms with van der Waals surface area (Å²) in [6.45, 7) is 0.855. The van der Waals surface area contributed by atoms with Crippen LogP contribution in [-0.2, 0) is 11.8 Å². The molecule has 1 heterocycles. The number of aryl methyl sites for hydroxylation is 1. The van der Waals surface area contributed by atoms with Crippen molar-refractivity contribution in [3.8, 4) is 0 Å². The lowest BCUT2D eigenvalue weighted by molar-refractivity contribution is -0.125. The van der Waals surface area contributed by atoms with Gasteiger partial charge in [0.2, 0.25) is 5.91 Å². The Balaban J connectivity index is 1.41. The molecule has 0 aliphatic heterocycles. The predicted molar refractivity (Wildman–Crippen MR) is 88.6 cm³/mol. The largest absolute Gasteiger partial charge is 0.354 e. The first-order valence-electron chi connectivity index (χ1n) is 9.00. The van der Waals surface area contributed by atoms with Crippen molar-refractivity contribution >= 4 is 5.91 Å². The fourth-order valence-electron chi connectivity index (χ4n) is 5.92. The van der Waals surface area contributed by atoms with Crippen molar-refractivity contribution in [2.24, 2.45) is 30.2 Å². The van der Waals surface area contributed by atoms with Crippen molar-refractivity contribution in [1.82, 2.24) is 20.4 Å². The summed E-state index contributed by atoms with van der Waals surface area (Å²) in [6, 6.07) is -0.308. The van der Waals surface area contributed by atoms with Gasteiger partial charge in [-0.05, 0) is 68.7 Å². The topological polar surface area (TPSA) is 59.0 Å². The molecule has 126 valence electrons. The molecule has 1 amide bonds. The van der Waals surface area contributed by atoms with E-state index in [0.717, 1.165) is 29.9 Å². The van der Waals surface area contributed by atoms with Gasteiger partial charge in [-0.15, -0.1) is 0 Å². The van der Waals surface area contributed by atoms with Crippen LogP contribution in [0.2, 0.25) is 0 Å². The number of carbonyl (C=O) groups is 1. The smallest absolute Gasteiger partial charge is 0.241 e. The third-order valence-electron chi connectivity index (χ3n) is 6.41. The summed E-state index contributed by atoms with van der Waals surface area (Å²) in [4.78, 5) is 12.7. The van der Waals surface area contributed by atoms with Crippen molar-refractivity contribution in [2.75, 3.05) is 13.6 Å². The lowest BCUT2D eigenvalue weighted by atomic mass is 9.49. The zero-order chi connectivity index (χ0) is 16.0. The van der Waals surface area contributed by atoms with E-state index in [4.69, 9.17) is 0 Å². The normalized spacial score (nSPS) is 36.2. The lowest BCUT2D eigenvalue weighted by Gasteiger charge is -2.57. The summed E-state index contributed by atoms with van der Waals surface area (Å²) in [5, 5.41) is 10.6. The van der Waals surface area contributed by atoms with Gasteiger partial charge in [-0.25, -0.2) is 0 Å². The molecule has 4 fully saturated rings. The highest BCUT2D eigenvalue weighted by molar-refractivity contribution is 5.83. The van der Waals surface area contributed by atoms with Gasteiger partial charge >= 0.3 is 0 Å². The molecule has 5 rings (SSSR count). The van der Waals surface area contributed by atoms with Crippen LogP contribution in [0.3, 0.4) is 0 Å². The highest BCUT2D eigenvalue weighted by Gasteiger charge is 2.50. The number of hydrogen-bond donors (Lipinski definition) is 2. The Labute approximate surface area is 138 Å². The minimum atomic E-state index is -0.308. The van der Waals surface area contributed by atoms with E-state index < -0.39 is 0 Å². The number of aromatic nitrogens is 2. The average molecular weight is 316 g/mol. The van der Waals surface area contributed by atoms with Gasteiger partial charge < -0.3 is 10.6 Å². The van der Waals surface area contributed by atoms with Crippen molar-refractivity contribution in [3.63, 3.8) is 0 Å². The average Bonchev–Trinajstić information content (AvgIpc) is 2.91. The van der Waals surface area contributed by atoms with Crippen molar-refractivity contribution in [3.05, 3.63) is 18.0 Å². The SMILES string of the molecule is CNC(C(=O)NCC12CC3CC(CC(C3)C1)C2)c1cnn(C)c1. The molecule has 1 unspecified atom stereocenters. The third kappa shape index (κ3) is 2.80. The Hall–Kier alpha value is -1.36. The first-order valence-corrected chi connectivity index (χ1v) is 9.00. The highest BCUT2D eigenvalue weighted by atomic mass is 16.2. The van der Waals surface area contributed by atoms with Crippen LogP contribution in [0.1, 0.15) is 50.1 Å². The molecule has 4 aliphatic rings. The Kier molecular flexibility index (Phi) is 3.71. The van der Waals surface area contributed by atoms with E-state index in [1.807, 2.05) is 20.3 Å². The van der Waals surface area contributed by atoms with Gasteiger partial charge in [0.05, 0.1) is 6.20 Å². The Morgan fingerprint density at radius 2 is 1.91 bits per heavy atom. The van der Waals surface area contributed by atoms with E-state index in [-0.39, 0.29) is 11.9 Å². The highest BCUT2D eigenvalue weighted by Crippen LogP contribution is 2.59. The number of carbonyl (C=O) groups excluding carboxylic acids is 1. The molecule has 23 heavy (non-hydrogen) atoms. The molecular formula is C18H28N4O. The van der Waals surface area contributed by atoms with Crippen LogP contribution in [0.5, 0.6) is 0 Å². The van der Waals surface area contributed by atoms with Gasteiger partial charge in [-0.1, -0.05) is 0 Å². The van der Waals surface area contributed by atoms with Gasteiger partial charge in [-0.2, -0.15) is 5.10 Å². The van der Waals surface area contributed by atoms with Gasteiger partial charge in [0.1, 0.15) is 6.04 Å². The lowest BCUT2D eigenvalue weighted by Crippen LogP contribution is -2.52. The molecule has 5 heteroatoms. The molecule has 0 saturated heterocycles. The second-order valence-corrected chi connectivity index (χ2v) is 8.30. The Bertz CT molecular complexity index is 558. The summed E-state index contributed by atoms with van der Waals surface area (Å²) >= 11 is 0. The zero-order valence-electron chi connectivity index (χ0n) is 14.2. The van der Waals surface area contributed by atoms with Crippen LogP contribution in [0.25, 0.3) is 0 Å². The number of rotatable bonds is 5. The Morgan fingerprint density at radius 3 is 2.39 bits per heavy atom. The molecular weight excluding hydrogens is 288 g/mol. The monoisotopic (exact) mass is 316 g/mol. The fraction of sp³-hybridized carbons (Fsp3) is 0.778. The first kappa shape index (κ1) is 15.2. The summed E-state index contributed by atoms with van der Waals surface area (Å²) in [6.07, 6.45) is 12.0. The maximum atomic E-state index is 12.7. The second-order valence-electron chi connectivity index (χ2n) is 8.30. The third-order valence-corrected chi connectivity index (χ3v) is 6.41. The molecule has 4 bridgehead atoms. The van der Waals surface area contributed by atoms with E-state index in [1.165, 1.54) is 38.5 Å². The summed E-state index contributed by atoms with van der Waals surface area (Å²) in [7, 11) is 3.71. The number of nitrogens with zero attached hydrogens (tertiary/aromatic N) is 2. The maximum absolute atomic E-state index is 12.7. The predicted octanol–water partition coefficient (Wildman–Crippen LogP) is 2.01. The first-order chi connectivity index (χ1) is 11.1. The quantitative estimate of drug-likeness (QED) is 0.874. The molecule has 0 aromatic carbocycles. The number of amides is 1. The van der Waals surface area contributed by atoms with Crippen molar-refractivity contribution in [2.45, 2.75) is 44.6 Å². The van der Waals surface area contributed by atoms with Crippen LogP contribution < -0.4 is 10.6 Å². The molecule has 4 saturated carbocycles. The number of nitrogens with one attached hydrogen (secondary N) is 2. The van der Waals surface area contributed by atoms with E-state index in [9.17, 15) is 4.79 Å². The summed E-state index contributed by atoms with van der Waals surface area (Å²) < 4.78 is 1.74. The zero-order valence-corrected chi connectivity index (χ0v) is 14.2. The van der Waals surface area contributed by atoms with E-state index >= 15 is 0 Å². The van der Waals surface area contributed by atoms with Gasteiger partial charge in [0.15, 0.2) is 0 Å². The molecule has 1 aromatic rings. The van der Waals surface area contributed by atoms with Gasteiger partial charge in [0.25, 0.3) is 0 Å². The maximum Gasteiger partial charge on any atom is 0.241 e. The summed E-state index contributed by atoms with van der Waals surface area (Å²) in [5.74, 6) is 2.86. The Morgan fingerprint density at radius 1 is 1.30 bits per heavy atom. The van der Waals surface area contributed by atoms with E-state index in [0.29, 0.717) is 5.41 Å². The molecule has 5 nitrogen and oxygen atoms in total. The molecule has 0 radical (unpaired) electrons. The molecule has 4 aliphatic carbocycles. The number of hydrogen-bond acceptors (Lipinski definition) is 3. The van der Waals surface area contributed by atoms with E-state index in [1.54, 1.807) is 10.9 Å². The van der Waals surface area contributed by atoms with Gasteiger partial charge in [-0.3, -0.25) is 9.48 Å². The van der Waals surface area contributed by atoms with Crippen LogP contribution in [-0.4, -0.2) is 29.3 Å². The number of likely N-dealkylation sites (N-methyl/N-ethyl adjacent to an activating group) is 1. The minimum Gasteiger partial charge on any atom is -0.354 e. The van der Waals surface area contributed by atoms with Crippen LogP contribution in [0.4, 0.5) is 0 Å². The molecule has 0 spiro atoms. The van der Waals surface area contributed by atoms with Gasteiger partial charge in [0, 0.05) is 25.4 Å². The standard InChI is InChI=1S/C18H28N4O/c1-19-16(15-9-21-22(2)10-15)17(23)20-11-18-6-12-3-13(7-18)5-14(4-12)8-18/h9-10,12-14,16,19H,3-8,11H2,1-2H3,(H,20,23). The second kappa shape index (κ2) is 5.62. The minimum absolute atomic E-state index is 0.0799. The molecule has 2 N–H and O–H groups in total. The van der Waals surface area contributed by atoms with Crippen molar-refractivity contribution < 1.29 is 4.79 Å². The molecule has 1 aromatic heterocycles. The van der Waals surface area contributed by atoms with Crippen LogP contribution in [0.15, 0.2) is 12.4 Å². The van der Waals surface area contributed by atoms with Crippen LogP contribution in [0, 0.1) is 23.2 Å².